The van der Waals surface area contributed by atoms with E-state index in [0.717, 1.165) is 49.1 Å². The smallest absolute Gasteiger partial charge is 0.208 e. The number of piperidine rings is 1. The van der Waals surface area contributed by atoms with Gasteiger partial charge < -0.3 is 4.90 Å². The average molecular weight is 359 g/mol. The highest BCUT2D eigenvalue weighted by atomic mass is 32.2. The molecule has 1 N–H and O–H groups in total. The van der Waals surface area contributed by atoms with Crippen LogP contribution < -0.4 is 9.62 Å². The number of hydrogen-bond donors (Lipinski definition) is 1. The monoisotopic (exact) mass is 359 g/mol. The lowest BCUT2D eigenvalue weighted by molar-refractivity contribution is 0.390. The van der Waals surface area contributed by atoms with Crippen LogP contribution in [0.5, 0.6) is 0 Å². The quantitative estimate of drug-likeness (QED) is 0.871. The van der Waals surface area contributed by atoms with Crippen LogP contribution in [0.4, 0.5) is 5.82 Å². The molecule has 1 aliphatic rings. The normalized spacial score (nSPS) is 18.2. The van der Waals surface area contributed by atoms with E-state index in [9.17, 15) is 8.42 Å². The largest absolute Gasteiger partial charge is 0.356 e. The maximum absolute atomic E-state index is 11.2. The fourth-order valence-corrected chi connectivity index (χ4v) is 3.79. The van der Waals surface area contributed by atoms with Gasteiger partial charge >= 0.3 is 0 Å². The lowest BCUT2D eigenvalue weighted by Crippen LogP contribution is -2.37. The van der Waals surface area contributed by atoms with Crippen molar-refractivity contribution in [1.82, 2.24) is 14.7 Å². The molecule has 2 heterocycles. The predicted molar refractivity (Wildman–Crippen MR) is 96.7 cm³/mol. The first-order chi connectivity index (χ1) is 12.0. The summed E-state index contributed by atoms with van der Waals surface area (Å²) in [5.74, 6) is 1.26. The molecule has 1 aromatic heterocycles. The number of aromatic nitrogens is 2. The van der Waals surface area contributed by atoms with Gasteiger partial charge in [0.25, 0.3) is 0 Å². The molecule has 1 fully saturated rings. The van der Waals surface area contributed by atoms with E-state index in [1.807, 2.05) is 12.1 Å². The number of sulfonamides is 1. The van der Waals surface area contributed by atoms with Gasteiger partial charge in [0, 0.05) is 25.0 Å². The van der Waals surface area contributed by atoms with Gasteiger partial charge in [-0.3, -0.25) is 0 Å². The minimum absolute atomic E-state index is 0.409. The Balaban J connectivity index is 1.77. The Labute approximate surface area is 147 Å². The third-order valence-electron chi connectivity index (χ3n) is 4.48. The molecule has 1 atom stereocenters. The minimum Gasteiger partial charge on any atom is -0.356 e. The second-order valence-electron chi connectivity index (χ2n) is 6.45. The molecule has 1 aromatic carbocycles. The van der Waals surface area contributed by atoms with Gasteiger partial charge in [-0.2, -0.15) is 5.26 Å². The summed E-state index contributed by atoms with van der Waals surface area (Å²) in [7, 11) is -3.14. The third kappa shape index (κ3) is 4.44. The molecule has 25 heavy (non-hydrogen) atoms. The van der Waals surface area contributed by atoms with Gasteiger partial charge in [-0.15, -0.1) is 0 Å². The lowest BCUT2D eigenvalue weighted by Gasteiger charge is -2.34. The topological polar surface area (TPSA) is 99.0 Å². The number of fused-ring (bicyclic) bond motifs is 1. The van der Waals surface area contributed by atoms with Gasteiger partial charge in [0.15, 0.2) is 0 Å². The summed E-state index contributed by atoms with van der Waals surface area (Å²) in [6, 6.07) is 7.60. The Hall–Kier alpha value is -2.24. The van der Waals surface area contributed by atoms with Crippen molar-refractivity contribution in [2.75, 3.05) is 30.8 Å². The van der Waals surface area contributed by atoms with Gasteiger partial charge in [0.1, 0.15) is 12.1 Å². The molecular formula is C17H21N5O2S. The summed E-state index contributed by atoms with van der Waals surface area (Å²) in [5, 5.41) is 10.0. The van der Waals surface area contributed by atoms with E-state index in [1.165, 1.54) is 6.26 Å². The standard InChI is InChI=1S/C17H21N5O2S/c1-25(23,24)21-7-6-13-3-2-8-22(11-13)17-15-9-14(10-18)4-5-16(15)19-12-20-17/h4-5,9,12-13,21H,2-3,6-8,11H2,1H3. The van der Waals surface area contributed by atoms with Gasteiger partial charge in [-0.25, -0.2) is 23.1 Å². The molecular weight excluding hydrogens is 338 g/mol. The first-order valence-electron chi connectivity index (χ1n) is 8.31. The Morgan fingerprint density at radius 1 is 1.40 bits per heavy atom. The highest BCUT2D eigenvalue weighted by molar-refractivity contribution is 7.88. The second kappa shape index (κ2) is 7.33. The van der Waals surface area contributed by atoms with Crippen molar-refractivity contribution in [3.63, 3.8) is 0 Å². The first-order valence-corrected chi connectivity index (χ1v) is 10.2. The maximum Gasteiger partial charge on any atom is 0.208 e. The van der Waals surface area contributed by atoms with E-state index in [1.54, 1.807) is 12.4 Å². The van der Waals surface area contributed by atoms with E-state index in [4.69, 9.17) is 5.26 Å². The molecule has 0 bridgehead atoms. The Bertz CT molecular complexity index is 907. The van der Waals surface area contributed by atoms with Crippen LogP contribution in [-0.2, 0) is 10.0 Å². The zero-order valence-electron chi connectivity index (χ0n) is 14.1. The van der Waals surface area contributed by atoms with Gasteiger partial charge in [-0.1, -0.05) is 0 Å². The van der Waals surface area contributed by atoms with Crippen molar-refractivity contribution in [2.45, 2.75) is 19.3 Å². The molecule has 1 aliphatic heterocycles. The SMILES string of the molecule is CS(=O)(=O)NCCC1CCCN(c2ncnc3ccc(C#N)cc23)C1. The highest BCUT2D eigenvalue weighted by Crippen LogP contribution is 2.29. The van der Waals surface area contributed by atoms with Crippen molar-refractivity contribution < 1.29 is 8.42 Å². The zero-order valence-corrected chi connectivity index (χ0v) is 15.0. The summed E-state index contributed by atoms with van der Waals surface area (Å²) >= 11 is 0. The minimum atomic E-state index is -3.14. The molecule has 0 aliphatic carbocycles. The number of rotatable bonds is 5. The van der Waals surface area contributed by atoms with Crippen LogP contribution in [0.3, 0.4) is 0 Å². The number of nitrogens with one attached hydrogen (secondary N) is 1. The second-order valence-corrected chi connectivity index (χ2v) is 8.28. The molecule has 2 aromatic rings. The third-order valence-corrected chi connectivity index (χ3v) is 5.21. The zero-order chi connectivity index (χ0) is 17.9. The number of nitriles is 1. The lowest BCUT2D eigenvalue weighted by atomic mass is 9.94. The Morgan fingerprint density at radius 2 is 2.24 bits per heavy atom. The van der Waals surface area contributed by atoms with Crippen LogP contribution in [0, 0.1) is 17.2 Å². The van der Waals surface area contributed by atoms with E-state index >= 15 is 0 Å². The summed E-state index contributed by atoms with van der Waals surface area (Å²) in [6.45, 7) is 2.19. The van der Waals surface area contributed by atoms with Crippen LogP contribution >= 0.6 is 0 Å². The van der Waals surface area contributed by atoms with E-state index in [-0.39, 0.29) is 0 Å². The van der Waals surface area contributed by atoms with Gasteiger partial charge in [0.2, 0.25) is 10.0 Å². The number of benzene rings is 1. The van der Waals surface area contributed by atoms with Gasteiger partial charge in [-0.05, 0) is 43.4 Å². The summed E-state index contributed by atoms with van der Waals surface area (Å²) in [5.41, 5.74) is 1.42. The van der Waals surface area contributed by atoms with E-state index < -0.39 is 10.0 Å². The summed E-state index contributed by atoms with van der Waals surface area (Å²) in [6.07, 6.45) is 5.65. The highest BCUT2D eigenvalue weighted by Gasteiger charge is 2.22. The van der Waals surface area contributed by atoms with Crippen LogP contribution in [0.25, 0.3) is 10.9 Å². The van der Waals surface area contributed by atoms with Crippen LogP contribution in [0.15, 0.2) is 24.5 Å². The molecule has 3 rings (SSSR count). The molecule has 1 saturated heterocycles. The maximum atomic E-state index is 11.2. The van der Waals surface area contributed by atoms with Crippen molar-refractivity contribution in [1.29, 1.82) is 5.26 Å². The van der Waals surface area contributed by atoms with Crippen molar-refractivity contribution in [2.24, 2.45) is 5.92 Å². The first kappa shape index (κ1) is 17.6. The number of anilines is 1. The molecule has 0 amide bonds. The molecule has 0 spiro atoms. The van der Waals surface area contributed by atoms with Gasteiger partial charge in [0.05, 0.1) is 23.4 Å². The van der Waals surface area contributed by atoms with Crippen LogP contribution in [-0.4, -0.2) is 44.3 Å². The Kier molecular flexibility index (Phi) is 5.16. The summed E-state index contributed by atoms with van der Waals surface area (Å²) < 4.78 is 25.0. The molecule has 0 radical (unpaired) electrons. The van der Waals surface area contributed by atoms with E-state index in [0.29, 0.717) is 18.0 Å². The van der Waals surface area contributed by atoms with Crippen molar-refractivity contribution >= 4 is 26.7 Å². The molecule has 132 valence electrons. The predicted octanol–water partition coefficient (Wildman–Crippen LogP) is 1.66. The molecule has 1 unspecified atom stereocenters. The molecule has 7 nitrogen and oxygen atoms in total. The van der Waals surface area contributed by atoms with Crippen molar-refractivity contribution in [3.05, 3.63) is 30.1 Å². The van der Waals surface area contributed by atoms with Crippen LogP contribution in [0.2, 0.25) is 0 Å². The Morgan fingerprint density at radius 3 is 3.00 bits per heavy atom. The average Bonchev–Trinajstić information content (AvgIpc) is 2.60. The fourth-order valence-electron chi connectivity index (χ4n) is 3.31. The van der Waals surface area contributed by atoms with Crippen LogP contribution in [0.1, 0.15) is 24.8 Å². The summed E-state index contributed by atoms with van der Waals surface area (Å²) in [4.78, 5) is 11.0. The number of nitrogens with zero attached hydrogens (tertiary/aromatic N) is 4. The van der Waals surface area contributed by atoms with Crippen molar-refractivity contribution in [3.8, 4) is 6.07 Å². The molecule has 0 saturated carbocycles. The van der Waals surface area contributed by atoms with E-state index in [2.05, 4.69) is 25.7 Å². The molecule has 8 heteroatoms. The fraction of sp³-hybridized carbons (Fsp3) is 0.471. The number of hydrogen-bond acceptors (Lipinski definition) is 6.